The Balaban J connectivity index is 1.82. The van der Waals surface area contributed by atoms with Crippen molar-refractivity contribution in [1.29, 1.82) is 0 Å². The summed E-state index contributed by atoms with van der Waals surface area (Å²) in [4.78, 5) is 2.71. The molecule has 5 nitrogen and oxygen atoms in total. The van der Waals surface area contributed by atoms with Gasteiger partial charge in [0.05, 0.1) is 18.2 Å². The minimum absolute atomic E-state index is 0.0774. The molecule has 0 bridgehead atoms. The minimum Gasteiger partial charge on any atom is -0.330 e. The molecular formula is C29H29F6N5. The fourth-order valence-corrected chi connectivity index (χ4v) is 4.54. The largest absolute Gasteiger partial charge is 0.416 e. The summed E-state index contributed by atoms with van der Waals surface area (Å²) in [5.41, 5.74) is 2.91. The quantitative estimate of drug-likeness (QED) is 0.216. The molecule has 40 heavy (non-hydrogen) atoms. The second-order valence-corrected chi connectivity index (χ2v) is 10.2. The van der Waals surface area contributed by atoms with Gasteiger partial charge in [-0.05, 0) is 76.6 Å². The number of benzene rings is 3. The molecule has 0 fully saturated rings. The van der Waals surface area contributed by atoms with E-state index in [1.165, 1.54) is 16.7 Å². The number of aryl methyl sites for hydroxylation is 3. The fourth-order valence-electron chi connectivity index (χ4n) is 4.54. The van der Waals surface area contributed by atoms with Crippen LogP contribution in [0.1, 0.15) is 58.7 Å². The van der Waals surface area contributed by atoms with Gasteiger partial charge in [0.2, 0.25) is 0 Å². The van der Waals surface area contributed by atoms with Gasteiger partial charge < -0.3 is 4.90 Å². The van der Waals surface area contributed by atoms with Crippen molar-refractivity contribution in [1.82, 2.24) is 20.2 Å². The monoisotopic (exact) mass is 561 g/mol. The van der Waals surface area contributed by atoms with E-state index < -0.39 is 23.5 Å². The maximum atomic E-state index is 13.5. The molecule has 3 aromatic carbocycles. The van der Waals surface area contributed by atoms with E-state index in [1.807, 2.05) is 38.1 Å². The summed E-state index contributed by atoms with van der Waals surface area (Å²) >= 11 is 0. The van der Waals surface area contributed by atoms with Crippen molar-refractivity contribution >= 4 is 5.95 Å². The zero-order valence-electron chi connectivity index (χ0n) is 22.7. The third-order valence-corrected chi connectivity index (χ3v) is 6.64. The number of rotatable bonds is 7. The summed E-state index contributed by atoms with van der Waals surface area (Å²) in [6, 6.07) is 13.7. The lowest BCUT2D eigenvalue weighted by Crippen LogP contribution is -2.25. The molecule has 0 aliphatic rings. The highest BCUT2D eigenvalue weighted by molar-refractivity contribution is 5.72. The first kappa shape index (κ1) is 29.1. The maximum Gasteiger partial charge on any atom is 0.416 e. The Morgan fingerprint density at radius 2 is 1.45 bits per heavy atom. The summed E-state index contributed by atoms with van der Waals surface area (Å²) in [6.45, 7) is 7.90. The number of tetrazole rings is 1. The highest BCUT2D eigenvalue weighted by atomic mass is 19.4. The van der Waals surface area contributed by atoms with Crippen molar-refractivity contribution < 1.29 is 26.3 Å². The zero-order valence-corrected chi connectivity index (χ0v) is 22.7. The number of hydrogen-bond donors (Lipinski definition) is 0. The van der Waals surface area contributed by atoms with Gasteiger partial charge >= 0.3 is 12.4 Å². The smallest absolute Gasteiger partial charge is 0.330 e. The SMILES string of the molecule is Cc1ccc(-c2cc(C(C)C)ccc2C)c(CN(Cc2cc(C(F)(F)F)cc(C(F)(F)F)c2)c2nnn(C)n2)c1. The predicted octanol–water partition coefficient (Wildman–Crippen LogP) is 7.86. The van der Waals surface area contributed by atoms with Crippen molar-refractivity contribution in [2.24, 2.45) is 7.05 Å². The van der Waals surface area contributed by atoms with Crippen molar-refractivity contribution in [3.63, 3.8) is 0 Å². The lowest BCUT2D eigenvalue weighted by atomic mass is 9.90. The Bertz CT molecular complexity index is 1470. The molecule has 4 aromatic rings. The second-order valence-electron chi connectivity index (χ2n) is 10.2. The van der Waals surface area contributed by atoms with Gasteiger partial charge in [0.1, 0.15) is 0 Å². The predicted molar refractivity (Wildman–Crippen MR) is 141 cm³/mol. The van der Waals surface area contributed by atoms with Crippen molar-refractivity contribution in [3.05, 3.63) is 93.5 Å². The maximum absolute atomic E-state index is 13.5. The molecule has 0 saturated carbocycles. The normalized spacial score (nSPS) is 12.3. The van der Waals surface area contributed by atoms with Crippen LogP contribution in [-0.2, 0) is 32.5 Å². The summed E-state index contributed by atoms with van der Waals surface area (Å²) in [6.07, 6.45) is -9.90. The topological polar surface area (TPSA) is 46.8 Å². The van der Waals surface area contributed by atoms with Crippen LogP contribution in [0.15, 0.2) is 54.6 Å². The van der Waals surface area contributed by atoms with Gasteiger partial charge in [-0.25, -0.2) is 0 Å². The van der Waals surface area contributed by atoms with Crippen LogP contribution in [0.2, 0.25) is 0 Å². The molecule has 0 spiro atoms. The van der Waals surface area contributed by atoms with Crippen LogP contribution in [-0.4, -0.2) is 20.2 Å². The molecule has 1 heterocycles. The average molecular weight is 562 g/mol. The van der Waals surface area contributed by atoms with Crippen LogP contribution in [0.3, 0.4) is 0 Å². The van der Waals surface area contributed by atoms with Gasteiger partial charge in [0.15, 0.2) is 0 Å². The summed E-state index contributed by atoms with van der Waals surface area (Å²) in [5.74, 6) is 0.367. The molecule has 212 valence electrons. The molecule has 0 saturated heterocycles. The van der Waals surface area contributed by atoms with E-state index in [4.69, 9.17) is 0 Å². The first-order valence-corrected chi connectivity index (χ1v) is 12.6. The van der Waals surface area contributed by atoms with Crippen LogP contribution >= 0.6 is 0 Å². The highest BCUT2D eigenvalue weighted by Gasteiger charge is 2.37. The Labute approximate surface area is 228 Å². The van der Waals surface area contributed by atoms with Crippen LogP contribution in [0, 0.1) is 13.8 Å². The number of aromatic nitrogens is 4. The van der Waals surface area contributed by atoms with E-state index in [-0.39, 0.29) is 36.6 Å². The van der Waals surface area contributed by atoms with Gasteiger partial charge in [0.25, 0.3) is 5.95 Å². The van der Waals surface area contributed by atoms with Gasteiger partial charge in [-0.2, -0.15) is 31.1 Å². The summed E-state index contributed by atoms with van der Waals surface area (Å²) in [7, 11) is 1.53. The molecular weight excluding hydrogens is 532 g/mol. The highest BCUT2D eigenvalue weighted by Crippen LogP contribution is 2.37. The zero-order chi connectivity index (χ0) is 29.4. The van der Waals surface area contributed by atoms with Crippen LogP contribution in [0.25, 0.3) is 11.1 Å². The Hall–Kier alpha value is -3.89. The lowest BCUT2D eigenvalue weighted by Gasteiger charge is -2.24. The Morgan fingerprint density at radius 3 is 2.00 bits per heavy atom. The third-order valence-electron chi connectivity index (χ3n) is 6.64. The van der Waals surface area contributed by atoms with Gasteiger partial charge in [-0.1, -0.05) is 60.9 Å². The second kappa shape index (κ2) is 10.9. The average Bonchev–Trinajstić information content (AvgIpc) is 3.29. The number of alkyl halides is 6. The number of hydrogen-bond acceptors (Lipinski definition) is 4. The first-order valence-electron chi connectivity index (χ1n) is 12.6. The third kappa shape index (κ3) is 6.63. The van der Waals surface area contributed by atoms with Crippen molar-refractivity contribution in [2.75, 3.05) is 4.90 Å². The molecule has 0 radical (unpaired) electrons. The molecule has 0 aliphatic heterocycles. The van der Waals surface area contributed by atoms with Gasteiger partial charge in [0, 0.05) is 13.1 Å². The van der Waals surface area contributed by atoms with Gasteiger partial charge in [-0.15, -0.1) is 5.10 Å². The molecule has 0 amide bonds. The lowest BCUT2D eigenvalue weighted by molar-refractivity contribution is -0.143. The number of anilines is 1. The molecule has 0 unspecified atom stereocenters. The van der Waals surface area contributed by atoms with Crippen LogP contribution in [0.5, 0.6) is 0 Å². The molecule has 0 N–H and O–H groups in total. The summed E-state index contributed by atoms with van der Waals surface area (Å²) in [5, 5.41) is 12.0. The Kier molecular flexibility index (Phi) is 7.96. The van der Waals surface area contributed by atoms with E-state index >= 15 is 0 Å². The minimum atomic E-state index is -4.95. The van der Waals surface area contributed by atoms with E-state index in [0.717, 1.165) is 45.5 Å². The standard InChI is InChI=1S/C29H29F6N5/c1-17(2)21-8-7-19(4)26(13-21)25-9-6-18(3)10-22(25)16-40(27-36-38-39(5)37-27)15-20-11-23(28(30,31)32)14-24(12-20)29(33,34)35/h6-14,17H,15-16H2,1-5H3. The van der Waals surface area contributed by atoms with Crippen LogP contribution in [0.4, 0.5) is 32.3 Å². The first-order chi connectivity index (χ1) is 18.6. The van der Waals surface area contributed by atoms with Crippen molar-refractivity contribution in [2.45, 2.75) is 59.1 Å². The van der Waals surface area contributed by atoms with E-state index in [0.29, 0.717) is 0 Å². The molecule has 1 aromatic heterocycles. The number of nitrogens with zero attached hydrogens (tertiary/aromatic N) is 5. The van der Waals surface area contributed by atoms with Gasteiger partial charge in [-0.3, -0.25) is 0 Å². The number of halogens is 6. The van der Waals surface area contributed by atoms with Crippen molar-refractivity contribution in [3.8, 4) is 11.1 Å². The molecule has 11 heteroatoms. The molecule has 0 atom stereocenters. The molecule has 4 rings (SSSR count). The Morgan fingerprint density at radius 1 is 0.800 bits per heavy atom. The molecule has 0 aliphatic carbocycles. The van der Waals surface area contributed by atoms with E-state index in [9.17, 15) is 26.3 Å². The van der Waals surface area contributed by atoms with E-state index in [1.54, 1.807) is 0 Å². The fraction of sp³-hybridized carbons (Fsp3) is 0.345. The summed E-state index contributed by atoms with van der Waals surface area (Å²) < 4.78 is 81.2. The van der Waals surface area contributed by atoms with Crippen LogP contribution < -0.4 is 4.90 Å². The van der Waals surface area contributed by atoms with E-state index in [2.05, 4.69) is 41.4 Å².